The average Bonchev–Trinajstić information content (AvgIpc) is 3.15. The summed E-state index contributed by atoms with van der Waals surface area (Å²) in [6.45, 7) is 5.33. The molecule has 0 aliphatic rings. The van der Waals surface area contributed by atoms with Crippen LogP contribution in [-0.4, -0.2) is 36.7 Å². The molecule has 0 unspecified atom stereocenters. The molecular formula is C19H25IN4O2. The first-order valence-corrected chi connectivity index (χ1v) is 8.39. The Hall–Kier alpha value is -2.03. The molecule has 2 aromatic heterocycles. The van der Waals surface area contributed by atoms with Gasteiger partial charge in [0.15, 0.2) is 5.96 Å². The summed E-state index contributed by atoms with van der Waals surface area (Å²) in [7, 11) is 3.78. The minimum Gasteiger partial charge on any atom is -0.459 e. The number of halogens is 1. The molecule has 0 radical (unpaired) electrons. The summed E-state index contributed by atoms with van der Waals surface area (Å²) in [6.07, 6.45) is 0.846. The largest absolute Gasteiger partial charge is 0.459 e. The minimum atomic E-state index is 0. The van der Waals surface area contributed by atoms with Crippen LogP contribution in [0.5, 0.6) is 0 Å². The molecule has 0 aliphatic heterocycles. The summed E-state index contributed by atoms with van der Waals surface area (Å²) in [5, 5.41) is 8.49. The lowest BCUT2D eigenvalue weighted by molar-refractivity contribution is 0.392. The average molecular weight is 468 g/mol. The van der Waals surface area contributed by atoms with Crippen LogP contribution in [0.2, 0.25) is 0 Å². The maximum atomic E-state index is 5.88. The van der Waals surface area contributed by atoms with Crippen molar-refractivity contribution in [2.24, 2.45) is 4.99 Å². The molecule has 0 spiro atoms. The van der Waals surface area contributed by atoms with Crippen molar-refractivity contribution in [3.05, 3.63) is 53.1 Å². The van der Waals surface area contributed by atoms with Crippen LogP contribution in [0.4, 0.5) is 0 Å². The lowest BCUT2D eigenvalue weighted by Gasteiger charge is -2.21. The Morgan fingerprint density at radius 2 is 2.04 bits per heavy atom. The second-order valence-electron chi connectivity index (χ2n) is 6.13. The molecule has 0 saturated heterocycles. The van der Waals surface area contributed by atoms with Gasteiger partial charge in [-0.25, -0.2) is 0 Å². The van der Waals surface area contributed by atoms with Gasteiger partial charge < -0.3 is 19.2 Å². The number of aromatic nitrogens is 1. The number of guanidine groups is 1. The van der Waals surface area contributed by atoms with Gasteiger partial charge in [0.25, 0.3) is 0 Å². The molecule has 0 amide bonds. The minimum absolute atomic E-state index is 0. The van der Waals surface area contributed by atoms with E-state index in [4.69, 9.17) is 8.94 Å². The first-order valence-electron chi connectivity index (χ1n) is 8.39. The first-order chi connectivity index (χ1) is 12.1. The summed E-state index contributed by atoms with van der Waals surface area (Å²) in [4.78, 5) is 6.40. The van der Waals surface area contributed by atoms with E-state index < -0.39 is 0 Å². The Morgan fingerprint density at radius 3 is 2.69 bits per heavy atom. The summed E-state index contributed by atoms with van der Waals surface area (Å²) < 4.78 is 11.1. The number of hydrogen-bond acceptors (Lipinski definition) is 4. The van der Waals surface area contributed by atoms with E-state index >= 15 is 0 Å². The van der Waals surface area contributed by atoms with E-state index in [-0.39, 0.29) is 24.0 Å². The quantitative estimate of drug-likeness (QED) is 0.350. The van der Waals surface area contributed by atoms with Crippen molar-refractivity contribution >= 4 is 40.9 Å². The third-order valence-electron chi connectivity index (χ3n) is 4.28. The fraction of sp³-hybridized carbons (Fsp3) is 0.368. The molecule has 0 atom stereocenters. The molecule has 140 valence electrons. The number of hydrogen-bond donors (Lipinski definition) is 1. The summed E-state index contributed by atoms with van der Waals surface area (Å²) in [5.41, 5.74) is 3.01. The highest BCUT2D eigenvalue weighted by atomic mass is 127. The van der Waals surface area contributed by atoms with Crippen LogP contribution in [-0.2, 0) is 13.0 Å². The highest BCUT2D eigenvalue weighted by molar-refractivity contribution is 14.0. The first kappa shape index (κ1) is 20.3. The molecule has 0 saturated carbocycles. The standard InChI is InChI=1S/C19H24N4O2.HI/c1-13-17(14(2)25-22-13)9-10-21-19(20-3)23(4)12-16-11-15-7-5-6-8-18(15)24-16;/h5-8,11H,9-10,12H2,1-4H3,(H,20,21);1H. The van der Waals surface area contributed by atoms with E-state index in [9.17, 15) is 0 Å². The van der Waals surface area contributed by atoms with Crippen molar-refractivity contribution in [3.8, 4) is 0 Å². The summed E-state index contributed by atoms with van der Waals surface area (Å²) in [5.74, 6) is 2.62. The monoisotopic (exact) mass is 468 g/mol. The Bertz CT molecular complexity index is 832. The lowest BCUT2D eigenvalue weighted by Crippen LogP contribution is -2.39. The zero-order valence-corrected chi connectivity index (χ0v) is 17.9. The Morgan fingerprint density at radius 1 is 1.27 bits per heavy atom. The van der Waals surface area contributed by atoms with E-state index in [0.717, 1.165) is 52.7 Å². The van der Waals surface area contributed by atoms with Crippen molar-refractivity contribution in [1.29, 1.82) is 0 Å². The highest BCUT2D eigenvalue weighted by Gasteiger charge is 2.12. The third-order valence-corrected chi connectivity index (χ3v) is 4.28. The van der Waals surface area contributed by atoms with Crippen molar-refractivity contribution in [2.75, 3.05) is 20.6 Å². The van der Waals surface area contributed by atoms with Gasteiger partial charge >= 0.3 is 0 Å². The number of nitrogens with one attached hydrogen (secondary N) is 1. The predicted octanol–water partition coefficient (Wildman–Crippen LogP) is 3.91. The molecule has 0 bridgehead atoms. The predicted molar refractivity (Wildman–Crippen MR) is 114 cm³/mol. The van der Waals surface area contributed by atoms with E-state index in [1.165, 1.54) is 0 Å². The number of rotatable bonds is 5. The van der Waals surface area contributed by atoms with Gasteiger partial charge in [0.2, 0.25) is 0 Å². The molecule has 3 rings (SSSR count). The second-order valence-corrected chi connectivity index (χ2v) is 6.13. The number of furan rings is 1. The Balaban J connectivity index is 0.00000243. The van der Waals surface area contributed by atoms with Crippen molar-refractivity contribution in [2.45, 2.75) is 26.8 Å². The molecule has 6 nitrogen and oxygen atoms in total. The van der Waals surface area contributed by atoms with E-state index in [1.807, 2.05) is 44.0 Å². The van der Waals surface area contributed by atoms with Gasteiger partial charge in [0.1, 0.15) is 17.1 Å². The second kappa shape index (κ2) is 9.07. The number of aliphatic imine (C=N–C) groups is 1. The molecule has 0 aliphatic carbocycles. The molecule has 0 fully saturated rings. The zero-order valence-electron chi connectivity index (χ0n) is 15.6. The topological polar surface area (TPSA) is 66.8 Å². The molecule has 1 aromatic carbocycles. The van der Waals surface area contributed by atoms with Gasteiger partial charge in [-0.05, 0) is 32.4 Å². The molecular weight excluding hydrogens is 443 g/mol. The molecule has 26 heavy (non-hydrogen) atoms. The van der Waals surface area contributed by atoms with Crippen LogP contribution in [0, 0.1) is 13.8 Å². The van der Waals surface area contributed by atoms with Crippen LogP contribution < -0.4 is 5.32 Å². The van der Waals surface area contributed by atoms with Gasteiger partial charge in [0.05, 0.1) is 12.2 Å². The maximum absolute atomic E-state index is 5.88. The summed E-state index contributed by atoms with van der Waals surface area (Å²) in [6, 6.07) is 10.1. The fourth-order valence-corrected chi connectivity index (χ4v) is 2.97. The maximum Gasteiger partial charge on any atom is 0.193 e. The number of aryl methyl sites for hydroxylation is 2. The number of benzene rings is 1. The van der Waals surface area contributed by atoms with Crippen molar-refractivity contribution < 1.29 is 8.94 Å². The summed E-state index contributed by atoms with van der Waals surface area (Å²) >= 11 is 0. The number of fused-ring (bicyclic) bond motifs is 1. The zero-order chi connectivity index (χ0) is 17.8. The molecule has 1 N–H and O–H groups in total. The van der Waals surface area contributed by atoms with Crippen LogP contribution in [0.3, 0.4) is 0 Å². The van der Waals surface area contributed by atoms with Gasteiger partial charge in [0, 0.05) is 31.6 Å². The van der Waals surface area contributed by atoms with Crippen molar-refractivity contribution in [1.82, 2.24) is 15.4 Å². The van der Waals surface area contributed by atoms with Crippen LogP contribution in [0.15, 0.2) is 44.3 Å². The molecule has 7 heteroatoms. The van der Waals surface area contributed by atoms with E-state index in [2.05, 4.69) is 27.6 Å². The van der Waals surface area contributed by atoms with Crippen LogP contribution >= 0.6 is 24.0 Å². The van der Waals surface area contributed by atoms with Crippen molar-refractivity contribution in [3.63, 3.8) is 0 Å². The fourth-order valence-electron chi connectivity index (χ4n) is 2.97. The third kappa shape index (κ3) is 4.57. The molecule has 2 heterocycles. The van der Waals surface area contributed by atoms with Gasteiger partial charge in [-0.1, -0.05) is 23.4 Å². The van der Waals surface area contributed by atoms with E-state index in [1.54, 1.807) is 7.05 Å². The lowest BCUT2D eigenvalue weighted by atomic mass is 10.1. The molecule has 3 aromatic rings. The Kier molecular flexibility index (Phi) is 7.07. The SMILES string of the molecule is CN=C(NCCc1c(C)noc1C)N(C)Cc1cc2ccccc2o1.I. The van der Waals surface area contributed by atoms with Gasteiger partial charge in [-0.2, -0.15) is 0 Å². The number of para-hydroxylation sites is 1. The number of nitrogens with zero attached hydrogens (tertiary/aromatic N) is 3. The van der Waals surface area contributed by atoms with Crippen LogP contribution in [0.25, 0.3) is 11.0 Å². The van der Waals surface area contributed by atoms with E-state index in [0.29, 0.717) is 6.54 Å². The van der Waals surface area contributed by atoms with Gasteiger partial charge in [-0.3, -0.25) is 4.99 Å². The van der Waals surface area contributed by atoms with Gasteiger partial charge in [-0.15, -0.1) is 24.0 Å². The van der Waals surface area contributed by atoms with Crippen LogP contribution in [0.1, 0.15) is 22.8 Å². The normalized spacial score (nSPS) is 11.5. The highest BCUT2D eigenvalue weighted by Crippen LogP contribution is 2.19. The smallest absolute Gasteiger partial charge is 0.193 e. The Labute approximate surface area is 170 Å².